The predicted molar refractivity (Wildman–Crippen MR) is 140 cm³/mol. The van der Waals surface area contributed by atoms with Crippen LogP contribution in [0.1, 0.15) is 85.0 Å². The topological polar surface area (TPSA) is 91.7 Å². The van der Waals surface area contributed by atoms with Crippen molar-refractivity contribution in [1.29, 1.82) is 0 Å². The fourth-order valence-corrected chi connectivity index (χ4v) is 9.52. The number of hydrogen-bond donors (Lipinski definition) is 3. The second kappa shape index (κ2) is 9.90. The lowest BCUT2D eigenvalue weighted by molar-refractivity contribution is -0.174. The molecular weight excluding hydrogens is 452 g/mol. The normalized spacial score (nSPS) is 42.6. The van der Waals surface area contributed by atoms with Gasteiger partial charge < -0.3 is 20.3 Å². The summed E-state index contributed by atoms with van der Waals surface area (Å²) in [5.74, 6) is 3.84. The summed E-state index contributed by atoms with van der Waals surface area (Å²) in [7, 11) is 1.58. The second-order valence-electron chi connectivity index (χ2n) is 13.0. The molecule has 0 bridgehead atoms. The van der Waals surface area contributed by atoms with E-state index in [1.807, 2.05) is 6.07 Å². The molecule has 3 N–H and O–H groups in total. The molecule has 4 saturated carbocycles. The average molecular weight is 499 g/mol. The minimum Gasteiger partial charge on any atom is -0.481 e. The van der Waals surface area contributed by atoms with Crippen LogP contribution in [0.25, 0.3) is 0 Å². The maximum atomic E-state index is 12.7. The van der Waals surface area contributed by atoms with Gasteiger partial charge in [0.05, 0.1) is 31.2 Å². The van der Waals surface area contributed by atoms with E-state index in [1.54, 1.807) is 19.4 Å². The van der Waals surface area contributed by atoms with Gasteiger partial charge in [0.25, 0.3) is 0 Å². The maximum absolute atomic E-state index is 12.7. The van der Waals surface area contributed by atoms with Gasteiger partial charge >= 0.3 is 0 Å². The number of aliphatic hydroxyl groups excluding tert-OH is 2. The molecule has 0 saturated heterocycles. The molecule has 1 heterocycles. The number of nitrogens with zero attached hydrogens (tertiary/aromatic N) is 1. The number of amides is 1. The molecule has 6 nitrogen and oxygen atoms in total. The summed E-state index contributed by atoms with van der Waals surface area (Å²) in [5.41, 5.74) is 0.895. The molecule has 1 amide bonds. The van der Waals surface area contributed by atoms with Gasteiger partial charge in [-0.3, -0.25) is 4.79 Å². The molecule has 1 aromatic rings. The lowest BCUT2D eigenvalue weighted by Gasteiger charge is -2.62. The number of ether oxygens (including phenoxy) is 1. The molecule has 6 heteroatoms. The number of nitrogens with one attached hydrogen (secondary N) is 1. The summed E-state index contributed by atoms with van der Waals surface area (Å²) in [6, 6.07) is 3.56. The quantitative estimate of drug-likeness (QED) is 0.486. The van der Waals surface area contributed by atoms with Crippen molar-refractivity contribution in [2.75, 3.05) is 12.4 Å². The Hall–Kier alpha value is -1.66. The molecular formula is C30H46N2O4. The first-order valence-electron chi connectivity index (χ1n) is 14.3. The smallest absolute Gasteiger partial charge is 0.224 e. The van der Waals surface area contributed by atoms with Crippen LogP contribution in [0.4, 0.5) is 5.69 Å². The summed E-state index contributed by atoms with van der Waals surface area (Å²) >= 11 is 0. The first-order chi connectivity index (χ1) is 17.2. The van der Waals surface area contributed by atoms with E-state index >= 15 is 0 Å². The molecule has 200 valence electrons. The molecule has 10 atom stereocenters. The molecule has 4 fully saturated rings. The van der Waals surface area contributed by atoms with Gasteiger partial charge in [0, 0.05) is 12.5 Å². The van der Waals surface area contributed by atoms with E-state index in [9.17, 15) is 15.0 Å². The van der Waals surface area contributed by atoms with Crippen molar-refractivity contribution >= 4 is 11.6 Å². The van der Waals surface area contributed by atoms with Crippen molar-refractivity contribution < 1.29 is 19.7 Å². The highest BCUT2D eigenvalue weighted by Gasteiger charge is 2.63. The maximum Gasteiger partial charge on any atom is 0.224 e. The van der Waals surface area contributed by atoms with Crippen molar-refractivity contribution in [3.8, 4) is 5.88 Å². The van der Waals surface area contributed by atoms with Crippen LogP contribution < -0.4 is 10.1 Å². The van der Waals surface area contributed by atoms with E-state index in [2.05, 4.69) is 31.1 Å². The molecule has 1 aromatic heterocycles. The number of rotatable bonds is 6. The van der Waals surface area contributed by atoms with Gasteiger partial charge in [0.2, 0.25) is 11.8 Å². The van der Waals surface area contributed by atoms with Crippen molar-refractivity contribution in [1.82, 2.24) is 4.98 Å². The van der Waals surface area contributed by atoms with Gasteiger partial charge in [-0.1, -0.05) is 20.8 Å². The second-order valence-corrected chi connectivity index (χ2v) is 13.0. The zero-order valence-corrected chi connectivity index (χ0v) is 22.6. The number of aromatic nitrogens is 1. The zero-order chi connectivity index (χ0) is 25.7. The third-order valence-electron chi connectivity index (χ3n) is 11.6. The molecule has 0 spiro atoms. The third-order valence-corrected chi connectivity index (χ3v) is 11.6. The minimum absolute atomic E-state index is 0.0171. The van der Waals surface area contributed by atoms with Gasteiger partial charge in [-0.2, -0.15) is 0 Å². The molecule has 0 aromatic carbocycles. The highest BCUT2D eigenvalue weighted by molar-refractivity contribution is 5.90. The average Bonchev–Trinajstić information content (AvgIpc) is 3.23. The Morgan fingerprint density at radius 2 is 1.94 bits per heavy atom. The number of fused-ring (bicyclic) bond motifs is 5. The fourth-order valence-electron chi connectivity index (χ4n) is 9.52. The van der Waals surface area contributed by atoms with Crippen LogP contribution in [0, 0.1) is 46.3 Å². The minimum atomic E-state index is -0.277. The van der Waals surface area contributed by atoms with Gasteiger partial charge in [-0.05, 0) is 110 Å². The van der Waals surface area contributed by atoms with Crippen LogP contribution >= 0.6 is 0 Å². The van der Waals surface area contributed by atoms with Crippen LogP contribution in [0.15, 0.2) is 18.3 Å². The number of aliphatic hydroxyl groups is 2. The van der Waals surface area contributed by atoms with E-state index in [0.29, 0.717) is 53.5 Å². The Morgan fingerprint density at radius 3 is 2.67 bits per heavy atom. The van der Waals surface area contributed by atoms with E-state index in [0.717, 1.165) is 38.5 Å². The summed E-state index contributed by atoms with van der Waals surface area (Å²) in [6.07, 6.45) is 11.3. The van der Waals surface area contributed by atoms with Crippen LogP contribution in [-0.2, 0) is 4.79 Å². The summed E-state index contributed by atoms with van der Waals surface area (Å²) in [5, 5.41) is 25.0. The van der Waals surface area contributed by atoms with E-state index in [-0.39, 0.29) is 28.9 Å². The molecule has 5 rings (SSSR count). The van der Waals surface area contributed by atoms with E-state index in [1.165, 1.54) is 19.3 Å². The van der Waals surface area contributed by atoms with Gasteiger partial charge in [-0.15, -0.1) is 0 Å². The molecule has 0 aliphatic heterocycles. The molecule has 36 heavy (non-hydrogen) atoms. The first-order valence-corrected chi connectivity index (χ1v) is 14.3. The highest BCUT2D eigenvalue weighted by Crippen LogP contribution is 2.68. The number of carbonyl (C=O) groups is 1. The number of carbonyl (C=O) groups excluding carboxylic acids is 1. The van der Waals surface area contributed by atoms with Crippen molar-refractivity contribution in [2.24, 2.45) is 46.3 Å². The summed E-state index contributed by atoms with van der Waals surface area (Å²) < 4.78 is 5.09. The Bertz CT molecular complexity index is 937. The van der Waals surface area contributed by atoms with Crippen LogP contribution in [0.2, 0.25) is 0 Å². The standard InChI is InChI=1S/C30H46N2O4/c1-18(5-11-27(35)32-20-7-12-28(36-4)31-17-20)23-9-10-24-22-8-6-19-15-21(33)13-14-29(19,2)25(22)16-26(34)30(23,24)3/h7,12,17-19,21-26,33-34H,5-6,8-11,13-16H2,1-4H3,(H,32,35). The zero-order valence-electron chi connectivity index (χ0n) is 22.6. The molecule has 4 aliphatic rings. The number of anilines is 1. The molecule has 10 unspecified atom stereocenters. The van der Waals surface area contributed by atoms with Gasteiger partial charge in [0.1, 0.15) is 0 Å². The van der Waals surface area contributed by atoms with Crippen LogP contribution in [0.3, 0.4) is 0 Å². The van der Waals surface area contributed by atoms with Gasteiger partial charge in [0.15, 0.2) is 0 Å². The lowest BCUT2D eigenvalue weighted by atomic mass is 9.43. The third kappa shape index (κ3) is 4.36. The van der Waals surface area contributed by atoms with Crippen molar-refractivity contribution in [3.63, 3.8) is 0 Å². The van der Waals surface area contributed by atoms with Crippen molar-refractivity contribution in [3.05, 3.63) is 18.3 Å². The van der Waals surface area contributed by atoms with Crippen LogP contribution in [-0.4, -0.2) is 40.4 Å². The van der Waals surface area contributed by atoms with Gasteiger partial charge in [-0.25, -0.2) is 4.98 Å². The number of hydrogen-bond acceptors (Lipinski definition) is 5. The van der Waals surface area contributed by atoms with Crippen LogP contribution in [0.5, 0.6) is 5.88 Å². The molecule has 4 aliphatic carbocycles. The number of methoxy groups -OCH3 is 1. The Kier molecular flexibility index (Phi) is 7.14. The number of pyridine rings is 1. The van der Waals surface area contributed by atoms with Crippen molar-refractivity contribution in [2.45, 2.75) is 97.2 Å². The lowest BCUT2D eigenvalue weighted by Crippen LogP contribution is -2.58. The summed E-state index contributed by atoms with van der Waals surface area (Å²) in [6.45, 7) is 7.14. The van der Waals surface area contributed by atoms with E-state index < -0.39 is 0 Å². The SMILES string of the molecule is COc1ccc(NC(=O)CCC(C)C2CCC3C4CCC5CC(O)CCC5(C)C4CC(O)C23C)cn1. The molecule has 0 radical (unpaired) electrons. The Labute approximate surface area is 216 Å². The monoisotopic (exact) mass is 498 g/mol. The highest BCUT2D eigenvalue weighted by atomic mass is 16.5. The Morgan fingerprint density at radius 1 is 1.14 bits per heavy atom. The predicted octanol–water partition coefficient (Wildman–Crippen LogP) is 5.44. The summed E-state index contributed by atoms with van der Waals surface area (Å²) in [4.78, 5) is 16.8. The fraction of sp³-hybridized carbons (Fsp3) is 0.800. The largest absolute Gasteiger partial charge is 0.481 e. The first kappa shape index (κ1) is 26.0. The van der Waals surface area contributed by atoms with E-state index in [4.69, 9.17) is 4.74 Å². The Balaban J connectivity index is 1.23.